The summed E-state index contributed by atoms with van der Waals surface area (Å²) in [4.78, 5) is 0. The summed E-state index contributed by atoms with van der Waals surface area (Å²) in [6.45, 7) is -1.36. The highest BCUT2D eigenvalue weighted by Gasteiger charge is 2.35. The van der Waals surface area contributed by atoms with Crippen LogP contribution in [0.2, 0.25) is 0 Å². The zero-order chi connectivity index (χ0) is 13.3. The van der Waals surface area contributed by atoms with Crippen molar-refractivity contribution in [1.82, 2.24) is 4.31 Å². The Balaban J connectivity index is 2.95. The first-order valence-electron chi connectivity index (χ1n) is 4.47. The maximum Gasteiger partial charge on any atom is 0.402 e. The van der Waals surface area contributed by atoms with Crippen LogP contribution in [0.5, 0.6) is 0 Å². The Hall–Kier alpha value is -0.640. The van der Waals surface area contributed by atoms with Gasteiger partial charge in [0.15, 0.2) is 0 Å². The summed E-state index contributed by atoms with van der Waals surface area (Å²) in [6.07, 6.45) is -4.56. The summed E-state index contributed by atoms with van der Waals surface area (Å²) in [7, 11) is -3.19. The van der Waals surface area contributed by atoms with Crippen LogP contribution in [0.15, 0.2) is 15.7 Å². The Morgan fingerprint density at radius 1 is 1.47 bits per heavy atom. The molecule has 1 aromatic heterocycles. The number of alkyl halides is 3. The molecule has 9 heteroatoms. The van der Waals surface area contributed by atoms with Gasteiger partial charge in [0.1, 0.15) is 10.8 Å². The molecule has 0 atom stereocenters. The first-order valence-corrected chi connectivity index (χ1v) is 6.79. The zero-order valence-corrected chi connectivity index (χ0v) is 10.5. The van der Waals surface area contributed by atoms with Crippen LogP contribution in [0, 0.1) is 0 Å². The molecule has 0 unspecified atom stereocenters. The van der Waals surface area contributed by atoms with E-state index in [9.17, 15) is 21.6 Å². The molecule has 0 aromatic carbocycles. The molecule has 4 nitrogen and oxygen atoms in total. The van der Waals surface area contributed by atoms with Crippen molar-refractivity contribution >= 4 is 21.4 Å². The highest BCUT2D eigenvalue weighted by atomic mass is 32.2. The topological polar surface area (TPSA) is 63.4 Å². The monoisotopic (exact) mass is 288 g/mol. The van der Waals surface area contributed by atoms with Crippen molar-refractivity contribution in [2.45, 2.75) is 16.9 Å². The van der Waals surface area contributed by atoms with E-state index in [2.05, 4.69) is 0 Å². The fourth-order valence-corrected chi connectivity index (χ4v) is 3.67. The highest BCUT2D eigenvalue weighted by molar-refractivity contribution is 7.91. The molecule has 0 saturated heterocycles. The van der Waals surface area contributed by atoms with Crippen molar-refractivity contribution in [3.63, 3.8) is 0 Å². The van der Waals surface area contributed by atoms with Gasteiger partial charge in [-0.1, -0.05) is 0 Å². The van der Waals surface area contributed by atoms with Gasteiger partial charge in [0, 0.05) is 13.6 Å². The Bertz CT molecular complexity index is 481. The summed E-state index contributed by atoms with van der Waals surface area (Å²) in [5.41, 5.74) is 5.88. The van der Waals surface area contributed by atoms with Gasteiger partial charge in [-0.15, -0.1) is 11.3 Å². The normalized spacial score (nSPS) is 13.3. The molecule has 0 aliphatic rings. The number of hydrogen-bond acceptors (Lipinski definition) is 4. The van der Waals surface area contributed by atoms with Crippen LogP contribution in [0.1, 0.15) is 5.56 Å². The van der Waals surface area contributed by atoms with Crippen LogP contribution in [-0.2, 0) is 16.6 Å². The highest BCUT2D eigenvalue weighted by Crippen LogP contribution is 2.25. The van der Waals surface area contributed by atoms with E-state index in [4.69, 9.17) is 5.73 Å². The Morgan fingerprint density at radius 3 is 2.47 bits per heavy atom. The second kappa shape index (κ2) is 4.92. The number of halogens is 3. The van der Waals surface area contributed by atoms with E-state index >= 15 is 0 Å². The van der Waals surface area contributed by atoms with Crippen LogP contribution in [-0.4, -0.2) is 32.5 Å². The third-order valence-electron chi connectivity index (χ3n) is 1.93. The third kappa shape index (κ3) is 3.66. The maximum absolute atomic E-state index is 12.1. The third-order valence-corrected chi connectivity index (χ3v) is 5.20. The van der Waals surface area contributed by atoms with Crippen LogP contribution in [0.25, 0.3) is 0 Å². The molecule has 98 valence electrons. The van der Waals surface area contributed by atoms with Crippen LogP contribution in [0.4, 0.5) is 13.2 Å². The second-order valence-corrected chi connectivity index (χ2v) is 6.54. The molecule has 17 heavy (non-hydrogen) atoms. The molecular formula is C8H11F3N2O2S2. The van der Waals surface area contributed by atoms with Gasteiger partial charge in [0.05, 0.1) is 0 Å². The average Bonchev–Trinajstić information content (AvgIpc) is 2.63. The first kappa shape index (κ1) is 14.4. The van der Waals surface area contributed by atoms with Crippen LogP contribution in [0.3, 0.4) is 0 Å². The minimum absolute atomic E-state index is 0.135. The molecule has 0 spiro atoms. The van der Waals surface area contributed by atoms with Crippen LogP contribution >= 0.6 is 11.3 Å². The molecule has 0 aliphatic heterocycles. The molecule has 0 saturated carbocycles. The van der Waals surface area contributed by atoms with Gasteiger partial charge >= 0.3 is 6.18 Å². The fraction of sp³-hybridized carbons (Fsp3) is 0.500. The lowest BCUT2D eigenvalue weighted by atomic mass is 10.4. The molecule has 2 N–H and O–H groups in total. The van der Waals surface area contributed by atoms with E-state index in [0.717, 1.165) is 18.4 Å². The second-order valence-electron chi connectivity index (χ2n) is 3.35. The summed E-state index contributed by atoms with van der Waals surface area (Å²) < 4.78 is 59.9. The first-order chi connectivity index (χ1) is 7.66. The van der Waals surface area contributed by atoms with Gasteiger partial charge in [-0.05, 0) is 17.0 Å². The smallest absolute Gasteiger partial charge is 0.326 e. The van der Waals surface area contributed by atoms with E-state index in [1.165, 1.54) is 11.4 Å². The van der Waals surface area contributed by atoms with Crippen molar-refractivity contribution in [2.24, 2.45) is 5.73 Å². The van der Waals surface area contributed by atoms with Crippen molar-refractivity contribution < 1.29 is 21.6 Å². The van der Waals surface area contributed by atoms with Crippen LogP contribution < -0.4 is 5.73 Å². The predicted molar refractivity (Wildman–Crippen MR) is 58.1 cm³/mol. The van der Waals surface area contributed by atoms with E-state index in [1.807, 2.05) is 0 Å². The van der Waals surface area contributed by atoms with Crippen molar-refractivity contribution in [1.29, 1.82) is 0 Å². The van der Waals surface area contributed by atoms with E-state index in [1.54, 1.807) is 0 Å². The number of nitrogens with zero attached hydrogens (tertiary/aromatic N) is 1. The molecule has 0 bridgehead atoms. The van der Waals surface area contributed by atoms with Gasteiger partial charge in [0.2, 0.25) is 0 Å². The quantitative estimate of drug-likeness (QED) is 0.910. The van der Waals surface area contributed by atoms with Crippen molar-refractivity contribution in [3.8, 4) is 0 Å². The SMILES string of the molecule is CN(CC(F)(F)F)S(=O)(=O)c1cc(CN)cs1. The number of thiophene rings is 1. The number of nitrogens with two attached hydrogens (primary N) is 1. The zero-order valence-electron chi connectivity index (χ0n) is 8.86. The van der Waals surface area contributed by atoms with Gasteiger partial charge < -0.3 is 5.73 Å². The van der Waals surface area contributed by atoms with Crippen molar-refractivity contribution in [3.05, 3.63) is 17.0 Å². The fourth-order valence-electron chi connectivity index (χ4n) is 1.09. The lowest BCUT2D eigenvalue weighted by Crippen LogP contribution is -2.35. The average molecular weight is 288 g/mol. The molecular weight excluding hydrogens is 277 g/mol. The lowest BCUT2D eigenvalue weighted by molar-refractivity contribution is -0.134. The number of rotatable bonds is 4. The van der Waals surface area contributed by atoms with Gasteiger partial charge in [-0.2, -0.15) is 17.5 Å². The Morgan fingerprint density at radius 2 is 2.06 bits per heavy atom. The van der Waals surface area contributed by atoms with Gasteiger partial charge in [-0.25, -0.2) is 8.42 Å². The largest absolute Gasteiger partial charge is 0.402 e. The molecule has 0 amide bonds. The standard InChI is InChI=1S/C8H11F3N2O2S2/c1-13(5-8(9,10)11)17(14,15)7-2-6(3-12)4-16-7/h2,4H,3,5,12H2,1H3. The van der Waals surface area contributed by atoms with E-state index in [0.29, 0.717) is 5.56 Å². The minimum atomic E-state index is -4.56. The summed E-state index contributed by atoms with van der Waals surface area (Å²) in [5.74, 6) is 0. The van der Waals surface area contributed by atoms with Crippen molar-refractivity contribution in [2.75, 3.05) is 13.6 Å². The Kier molecular flexibility index (Phi) is 4.18. The maximum atomic E-state index is 12.1. The summed E-state index contributed by atoms with van der Waals surface area (Å²) in [5, 5.41) is 1.51. The number of hydrogen-bond donors (Lipinski definition) is 1. The molecule has 0 fully saturated rings. The molecule has 1 rings (SSSR count). The van der Waals surface area contributed by atoms with Gasteiger partial charge in [-0.3, -0.25) is 0 Å². The molecule has 1 aromatic rings. The van der Waals surface area contributed by atoms with Gasteiger partial charge in [0.25, 0.3) is 10.0 Å². The minimum Gasteiger partial charge on any atom is -0.326 e. The summed E-state index contributed by atoms with van der Waals surface area (Å²) in [6, 6.07) is 1.28. The predicted octanol–water partition coefficient (Wildman–Crippen LogP) is 1.39. The number of sulfonamides is 1. The molecule has 0 radical (unpaired) electrons. The van der Waals surface area contributed by atoms with E-state index in [-0.39, 0.29) is 15.1 Å². The lowest BCUT2D eigenvalue weighted by Gasteiger charge is -2.17. The summed E-state index contributed by atoms with van der Waals surface area (Å²) >= 11 is 0.858. The molecule has 1 heterocycles. The molecule has 0 aliphatic carbocycles. The van der Waals surface area contributed by atoms with E-state index < -0.39 is 22.7 Å². The Labute approximate surface area is 101 Å².